The van der Waals surface area contributed by atoms with E-state index >= 15 is 0 Å². The number of thioether (sulfide) groups is 1. The number of nitrogens with zero attached hydrogens (tertiary/aromatic N) is 2. The number of carbonyl (C=O) groups is 1. The summed E-state index contributed by atoms with van der Waals surface area (Å²) in [6.45, 7) is 4.40. The van der Waals surface area contributed by atoms with Gasteiger partial charge >= 0.3 is 0 Å². The van der Waals surface area contributed by atoms with E-state index in [2.05, 4.69) is 9.80 Å². The van der Waals surface area contributed by atoms with E-state index in [0.717, 1.165) is 43.0 Å². The van der Waals surface area contributed by atoms with Gasteiger partial charge in [-0.25, -0.2) is 4.39 Å². The molecule has 0 aromatic heterocycles. The number of benzene rings is 1. The average Bonchev–Trinajstić information content (AvgIpc) is 3.13. The first kappa shape index (κ1) is 18.7. The molecule has 2 aliphatic rings. The molecular weight excluding hydrogens is 335 g/mol. The van der Waals surface area contributed by atoms with Crippen LogP contribution in [0, 0.1) is 5.82 Å². The maximum absolute atomic E-state index is 12.9. The van der Waals surface area contributed by atoms with Crippen molar-refractivity contribution in [3.05, 3.63) is 35.6 Å². The van der Waals surface area contributed by atoms with Crippen molar-refractivity contribution in [2.75, 3.05) is 31.9 Å². The van der Waals surface area contributed by atoms with E-state index in [9.17, 15) is 9.18 Å². The molecule has 0 N–H and O–H groups in total. The van der Waals surface area contributed by atoms with E-state index in [0.29, 0.717) is 18.4 Å². The van der Waals surface area contributed by atoms with Crippen molar-refractivity contribution in [1.29, 1.82) is 0 Å². The van der Waals surface area contributed by atoms with Gasteiger partial charge in [-0.05, 0) is 62.9 Å². The predicted molar refractivity (Wildman–Crippen MR) is 102 cm³/mol. The normalized spacial score (nSPS) is 21.6. The predicted octanol–water partition coefficient (Wildman–Crippen LogP) is 3.93. The van der Waals surface area contributed by atoms with E-state index < -0.39 is 0 Å². The number of halogens is 1. The van der Waals surface area contributed by atoms with Crippen molar-refractivity contribution in [2.45, 2.75) is 50.3 Å². The first-order valence-corrected chi connectivity index (χ1v) is 10.7. The smallest absolute Gasteiger partial charge is 0.223 e. The Morgan fingerprint density at radius 2 is 1.80 bits per heavy atom. The molecule has 1 atom stereocenters. The topological polar surface area (TPSA) is 23.6 Å². The summed E-state index contributed by atoms with van der Waals surface area (Å²) in [5.74, 6) is 1.79. The Balaban J connectivity index is 1.41. The third-order valence-electron chi connectivity index (χ3n) is 5.26. The molecule has 0 radical (unpaired) electrons. The van der Waals surface area contributed by atoms with Crippen LogP contribution in [0.25, 0.3) is 0 Å². The van der Waals surface area contributed by atoms with E-state index in [1.807, 2.05) is 12.1 Å². The van der Waals surface area contributed by atoms with Crippen LogP contribution in [-0.4, -0.2) is 53.7 Å². The molecule has 1 aromatic carbocycles. The van der Waals surface area contributed by atoms with Crippen molar-refractivity contribution in [1.82, 2.24) is 9.80 Å². The number of amides is 1. The van der Waals surface area contributed by atoms with Crippen molar-refractivity contribution in [2.24, 2.45) is 0 Å². The highest BCUT2D eigenvalue weighted by Crippen LogP contribution is 2.22. The largest absolute Gasteiger partial charge is 0.338 e. The van der Waals surface area contributed by atoms with Gasteiger partial charge in [-0.1, -0.05) is 12.1 Å². The molecular formula is C20H29FN2OS. The summed E-state index contributed by atoms with van der Waals surface area (Å²) in [5, 5.41) is 0. The van der Waals surface area contributed by atoms with Gasteiger partial charge in [0.1, 0.15) is 5.82 Å². The molecule has 0 aliphatic carbocycles. The fourth-order valence-corrected chi connectivity index (χ4v) is 4.75. The number of rotatable bonds is 7. The zero-order valence-electron chi connectivity index (χ0n) is 15.0. The van der Waals surface area contributed by atoms with Crippen LogP contribution < -0.4 is 0 Å². The zero-order chi connectivity index (χ0) is 17.5. The van der Waals surface area contributed by atoms with Crippen LogP contribution in [0.5, 0.6) is 0 Å². The Labute approximate surface area is 154 Å². The van der Waals surface area contributed by atoms with Crippen molar-refractivity contribution in [3.8, 4) is 0 Å². The van der Waals surface area contributed by atoms with Crippen molar-refractivity contribution < 1.29 is 9.18 Å². The molecule has 1 amide bonds. The molecule has 0 saturated carbocycles. The molecule has 2 saturated heterocycles. The number of hydrogen-bond acceptors (Lipinski definition) is 3. The van der Waals surface area contributed by atoms with Gasteiger partial charge in [0, 0.05) is 37.1 Å². The van der Waals surface area contributed by atoms with Crippen molar-refractivity contribution >= 4 is 17.7 Å². The molecule has 2 fully saturated rings. The molecule has 0 spiro atoms. The van der Waals surface area contributed by atoms with Crippen molar-refractivity contribution in [3.63, 3.8) is 0 Å². The Hall–Kier alpha value is -1.07. The molecule has 2 heterocycles. The van der Waals surface area contributed by atoms with Gasteiger partial charge in [0.2, 0.25) is 5.91 Å². The van der Waals surface area contributed by atoms with Crippen LogP contribution >= 0.6 is 11.8 Å². The molecule has 25 heavy (non-hydrogen) atoms. The molecule has 138 valence electrons. The highest BCUT2D eigenvalue weighted by Gasteiger charge is 2.28. The standard InChI is InChI=1S/C20H29FN2OS/c21-18-8-6-17(7-9-18)16-25-14-10-20(24)23-13-2-1-5-19(23)15-22-11-3-4-12-22/h6-9,19H,1-5,10-16H2/t19-/m0/s1. The fourth-order valence-electron chi connectivity index (χ4n) is 3.86. The lowest BCUT2D eigenvalue weighted by molar-refractivity contribution is -0.134. The number of piperidine rings is 1. The minimum atomic E-state index is -0.196. The molecule has 0 bridgehead atoms. The third-order valence-corrected chi connectivity index (χ3v) is 6.29. The van der Waals surface area contributed by atoms with Gasteiger partial charge in [-0.3, -0.25) is 4.79 Å². The summed E-state index contributed by atoms with van der Waals surface area (Å²) in [6, 6.07) is 7.05. The van der Waals surface area contributed by atoms with Gasteiger partial charge in [-0.2, -0.15) is 11.8 Å². The van der Waals surface area contributed by atoms with Gasteiger partial charge in [0.15, 0.2) is 0 Å². The Morgan fingerprint density at radius 3 is 2.56 bits per heavy atom. The summed E-state index contributed by atoms with van der Waals surface area (Å²) in [7, 11) is 0. The van der Waals surface area contributed by atoms with Crippen LogP contribution in [0.3, 0.4) is 0 Å². The van der Waals surface area contributed by atoms with E-state index in [1.54, 1.807) is 11.8 Å². The highest BCUT2D eigenvalue weighted by molar-refractivity contribution is 7.98. The quantitative estimate of drug-likeness (QED) is 0.685. The lowest BCUT2D eigenvalue weighted by Gasteiger charge is -2.38. The van der Waals surface area contributed by atoms with E-state index in [-0.39, 0.29) is 5.82 Å². The second-order valence-electron chi connectivity index (χ2n) is 7.17. The molecule has 2 aliphatic heterocycles. The van der Waals surface area contributed by atoms with Crippen LogP contribution in [0.2, 0.25) is 0 Å². The lowest BCUT2D eigenvalue weighted by Crippen LogP contribution is -2.49. The third kappa shape index (κ3) is 5.71. The maximum Gasteiger partial charge on any atom is 0.223 e. The van der Waals surface area contributed by atoms with Gasteiger partial charge in [0.25, 0.3) is 0 Å². The Morgan fingerprint density at radius 1 is 1.08 bits per heavy atom. The number of carbonyl (C=O) groups excluding carboxylic acids is 1. The number of likely N-dealkylation sites (tertiary alicyclic amines) is 2. The van der Waals surface area contributed by atoms with Crippen LogP contribution in [0.15, 0.2) is 24.3 Å². The fraction of sp³-hybridized carbons (Fsp3) is 0.650. The first-order chi connectivity index (χ1) is 12.2. The summed E-state index contributed by atoms with van der Waals surface area (Å²) in [4.78, 5) is 17.4. The first-order valence-electron chi connectivity index (χ1n) is 9.56. The lowest BCUT2D eigenvalue weighted by atomic mass is 10.0. The van der Waals surface area contributed by atoms with Crippen LogP contribution in [0.1, 0.15) is 44.1 Å². The molecule has 1 aromatic rings. The maximum atomic E-state index is 12.9. The zero-order valence-corrected chi connectivity index (χ0v) is 15.8. The molecule has 5 heteroatoms. The molecule has 0 unspecified atom stereocenters. The molecule has 3 rings (SSSR count). The summed E-state index contributed by atoms with van der Waals surface area (Å²) in [6.07, 6.45) is 6.78. The minimum absolute atomic E-state index is 0.196. The SMILES string of the molecule is O=C(CCSCc1ccc(F)cc1)N1CCCC[C@H]1CN1CCCC1. The van der Waals surface area contributed by atoms with E-state index in [1.165, 1.54) is 44.5 Å². The summed E-state index contributed by atoms with van der Waals surface area (Å²) >= 11 is 1.76. The molecule has 3 nitrogen and oxygen atoms in total. The highest BCUT2D eigenvalue weighted by atomic mass is 32.2. The monoisotopic (exact) mass is 364 g/mol. The van der Waals surface area contributed by atoms with Gasteiger partial charge in [0.05, 0.1) is 0 Å². The van der Waals surface area contributed by atoms with Crippen LogP contribution in [0.4, 0.5) is 4.39 Å². The summed E-state index contributed by atoms with van der Waals surface area (Å²) in [5.41, 5.74) is 1.11. The summed E-state index contributed by atoms with van der Waals surface area (Å²) < 4.78 is 12.9. The van der Waals surface area contributed by atoms with Crippen LogP contribution in [-0.2, 0) is 10.5 Å². The average molecular weight is 365 g/mol. The van der Waals surface area contributed by atoms with Gasteiger partial charge in [-0.15, -0.1) is 0 Å². The van der Waals surface area contributed by atoms with Gasteiger partial charge < -0.3 is 9.80 Å². The second kappa shape index (κ2) is 9.58. The number of hydrogen-bond donors (Lipinski definition) is 0. The van der Waals surface area contributed by atoms with E-state index in [4.69, 9.17) is 0 Å². The minimum Gasteiger partial charge on any atom is -0.338 e. The Kier molecular flexibility index (Phi) is 7.17. The Bertz CT molecular complexity index is 545. The second-order valence-corrected chi connectivity index (χ2v) is 8.28.